The average molecular weight is 484 g/mol. The molecule has 0 aliphatic heterocycles. The Morgan fingerprint density at radius 1 is 1.03 bits per heavy atom. The third-order valence-corrected chi connectivity index (χ3v) is 6.88. The van der Waals surface area contributed by atoms with Gasteiger partial charge in [-0.05, 0) is 63.0 Å². The quantitative estimate of drug-likeness (QED) is 0.324. The van der Waals surface area contributed by atoms with Gasteiger partial charge in [0.05, 0.1) is 21.3 Å². The fourth-order valence-corrected chi connectivity index (χ4v) is 5.21. The first-order valence-corrected chi connectivity index (χ1v) is 12.0. The largest absolute Gasteiger partial charge is 0.336 e. The van der Waals surface area contributed by atoms with Crippen LogP contribution in [0.1, 0.15) is 10.4 Å². The number of aromatic amines is 2. The van der Waals surface area contributed by atoms with E-state index in [4.69, 9.17) is 4.98 Å². The summed E-state index contributed by atoms with van der Waals surface area (Å²) in [4.78, 5) is 21.3. The highest BCUT2D eigenvalue weighted by Crippen LogP contribution is 2.36. The molecule has 9 heteroatoms. The topological polar surface area (TPSA) is 86.4 Å². The molecule has 0 atom stereocenters. The van der Waals surface area contributed by atoms with E-state index >= 15 is 4.39 Å². The Labute approximate surface area is 204 Å². The van der Waals surface area contributed by atoms with Gasteiger partial charge >= 0.3 is 0 Å². The van der Waals surface area contributed by atoms with E-state index in [2.05, 4.69) is 43.0 Å². The van der Waals surface area contributed by atoms with Crippen LogP contribution in [0.25, 0.3) is 55.2 Å². The molecule has 0 fully saturated rings. The highest BCUT2D eigenvalue weighted by molar-refractivity contribution is 7.15. The molecule has 6 rings (SSSR count). The summed E-state index contributed by atoms with van der Waals surface area (Å²) in [5.41, 5.74) is 5.60. The second kappa shape index (κ2) is 8.37. The molecule has 6 aromatic rings. The molecule has 0 radical (unpaired) electrons. The minimum Gasteiger partial charge on any atom is -0.336 e. The van der Waals surface area contributed by atoms with E-state index in [9.17, 15) is 0 Å². The lowest BCUT2D eigenvalue weighted by molar-refractivity contribution is 0.402. The number of aromatic nitrogens is 6. The molecular formula is C26H22FN7S. The summed E-state index contributed by atoms with van der Waals surface area (Å²) in [6.07, 6.45) is 5.24. The van der Waals surface area contributed by atoms with Crippen molar-refractivity contribution in [3.63, 3.8) is 0 Å². The van der Waals surface area contributed by atoms with Gasteiger partial charge in [0.15, 0.2) is 5.82 Å². The number of pyridine rings is 2. The summed E-state index contributed by atoms with van der Waals surface area (Å²) >= 11 is 1.66. The maximum atomic E-state index is 16.0. The molecule has 0 amide bonds. The van der Waals surface area contributed by atoms with Gasteiger partial charge in [0.2, 0.25) is 0 Å². The highest BCUT2D eigenvalue weighted by atomic mass is 32.1. The Hall–Kier alpha value is -3.95. The van der Waals surface area contributed by atoms with Crippen molar-refractivity contribution in [1.82, 2.24) is 35.0 Å². The molecule has 0 aliphatic rings. The van der Waals surface area contributed by atoms with Crippen LogP contribution in [0.2, 0.25) is 0 Å². The number of hydrogen-bond donors (Lipinski definition) is 2. The molecular weight excluding hydrogens is 461 g/mol. The van der Waals surface area contributed by atoms with E-state index in [1.54, 1.807) is 36.0 Å². The average Bonchev–Trinajstić information content (AvgIpc) is 3.56. The minimum atomic E-state index is -0.359. The monoisotopic (exact) mass is 483 g/mol. The SMILES string of the molecule is Cc1ccc(-c2nccc3[nH]c(-c4n[nH]c5ccc(-c6cncc(CN(C)C)c6)c(F)c45)nc23)s1. The van der Waals surface area contributed by atoms with E-state index in [-0.39, 0.29) is 5.82 Å². The highest BCUT2D eigenvalue weighted by Gasteiger charge is 2.21. The molecule has 7 nitrogen and oxygen atoms in total. The van der Waals surface area contributed by atoms with Crippen LogP contribution < -0.4 is 0 Å². The zero-order valence-corrected chi connectivity index (χ0v) is 20.2. The number of nitrogens with one attached hydrogen (secondary N) is 2. The van der Waals surface area contributed by atoms with Crippen LogP contribution in [-0.4, -0.2) is 49.1 Å². The summed E-state index contributed by atoms with van der Waals surface area (Å²) < 4.78 is 16.0. The first kappa shape index (κ1) is 21.6. The van der Waals surface area contributed by atoms with Gasteiger partial charge in [-0.25, -0.2) is 9.37 Å². The van der Waals surface area contributed by atoms with Crippen molar-refractivity contribution >= 4 is 33.3 Å². The third-order valence-electron chi connectivity index (χ3n) is 5.87. The van der Waals surface area contributed by atoms with Crippen molar-refractivity contribution in [2.24, 2.45) is 0 Å². The normalized spacial score (nSPS) is 11.8. The Bertz CT molecular complexity index is 1700. The van der Waals surface area contributed by atoms with Gasteiger partial charge in [0, 0.05) is 41.1 Å². The zero-order chi connectivity index (χ0) is 24.1. The standard InChI is InChI=1S/C26H22FN7S/c1-14-4-7-20(35-14)24-23-19(8-9-29-24)30-26(31-23)25-21-18(32-33-25)6-5-17(22(21)27)16-10-15(11-28-12-16)13-34(2)3/h4-12H,13H2,1-3H3,(H,30,31)(H,32,33). The number of benzene rings is 1. The third kappa shape index (κ3) is 3.78. The molecule has 1 aromatic carbocycles. The zero-order valence-electron chi connectivity index (χ0n) is 19.4. The molecule has 5 aromatic heterocycles. The predicted molar refractivity (Wildman–Crippen MR) is 138 cm³/mol. The predicted octanol–water partition coefficient (Wildman–Crippen LogP) is 5.80. The number of aryl methyl sites for hydroxylation is 1. The van der Waals surface area contributed by atoms with Crippen molar-refractivity contribution in [1.29, 1.82) is 0 Å². The summed E-state index contributed by atoms with van der Waals surface area (Å²) in [5.74, 6) is 0.132. The van der Waals surface area contributed by atoms with Crippen LogP contribution >= 0.6 is 11.3 Å². The lowest BCUT2D eigenvalue weighted by Gasteiger charge is -2.11. The molecule has 0 bridgehead atoms. The maximum absolute atomic E-state index is 16.0. The Morgan fingerprint density at radius 2 is 1.91 bits per heavy atom. The lowest BCUT2D eigenvalue weighted by Crippen LogP contribution is -2.10. The molecule has 0 saturated carbocycles. The van der Waals surface area contributed by atoms with Crippen molar-refractivity contribution in [3.05, 3.63) is 71.2 Å². The number of fused-ring (bicyclic) bond motifs is 2. The molecule has 35 heavy (non-hydrogen) atoms. The second-order valence-corrected chi connectivity index (χ2v) is 10.1. The van der Waals surface area contributed by atoms with Gasteiger partial charge in [-0.2, -0.15) is 5.10 Å². The van der Waals surface area contributed by atoms with Crippen LogP contribution in [0.3, 0.4) is 0 Å². The van der Waals surface area contributed by atoms with Gasteiger partial charge in [-0.1, -0.05) is 0 Å². The molecule has 0 unspecified atom stereocenters. The summed E-state index contributed by atoms with van der Waals surface area (Å²) in [5, 5.41) is 7.76. The maximum Gasteiger partial charge on any atom is 0.159 e. The fraction of sp³-hybridized carbons (Fsp3) is 0.154. The van der Waals surface area contributed by atoms with Crippen LogP contribution in [0, 0.1) is 12.7 Å². The number of halogens is 1. The molecule has 5 heterocycles. The Kier molecular flexibility index (Phi) is 5.16. The van der Waals surface area contributed by atoms with Crippen LogP contribution in [0.15, 0.2) is 55.0 Å². The van der Waals surface area contributed by atoms with Crippen molar-refractivity contribution in [2.45, 2.75) is 13.5 Å². The van der Waals surface area contributed by atoms with Gasteiger partial charge < -0.3 is 9.88 Å². The summed E-state index contributed by atoms with van der Waals surface area (Å²) in [7, 11) is 3.98. The van der Waals surface area contributed by atoms with Crippen LogP contribution in [-0.2, 0) is 6.54 Å². The van der Waals surface area contributed by atoms with Crippen molar-refractivity contribution in [2.75, 3.05) is 14.1 Å². The number of H-pyrrole nitrogens is 2. The summed E-state index contributed by atoms with van der Waals surface area (Å²) in [6.45, 7) is 2.78. The van der Waals surface area contributed by atoms with Crippen LogP contribution in [0.4, 0.5) is 4.39 Å². The molecule has 0 saturated heterocycles. The first-order valence-electron chi connectivity index (χ1n) is 11.2. The fourth-order valence-electron chi connectivity index (χ4n) is 4.34. The Morgan fingerprint density at radius 3 is 2.71 bits per heavy atom. The van der Waals surface area contributed by atoms with E-state index in [1.807, 2.05) is 38.4 Å². The van der Waals surface area contributed by atoms with Gasteiger partial charge in [-0.3, -0.25) is 15.1 Å². The van der Waals surface area contributed by atoms with E-state index in [0.29, 0.717) is 28.0 Å². The molecule has 0 aliphatic carbocycles. The van der Waals surface area contributed by atoms with Gasteiger partial charge in [-0.15, -0.1) is 11.3 Å². The van der Waals surface area contributed by atoms with Crippen molar-refractivity contribution in [3.8, 4) is 33.2 Å². The van der Waals surface area contributed by atoms with E-state index in [0.717, 1.165) is 39.3 Å². The Balaban J connectivity index is 1.49. The van der Waals surface area contributed by atoms with Gasteiger partial charge in [0.25, 0.3) is 0 Å². The molecule has 2 N–H and O–H groups in total. The van der Waals surface area contributed by atoms with E-state index in [1.165, 1.54) is 4.88 Å². The number of thiophene rings is 1. The van der Waals surface area contributed by atoms with Crippen molar-refractivity contribution < 1.29 is 4.39 Å². The van der Waals surface area contributed by atoms with Crippen LogP contribution in [0.5, 0.6) is 0 Å². The number of hydrogen-bond acceptors (Lipinski definition) is 6. The number of imidazole rings is 1. The van der Waals surface area contributed by atoms with E-state index < -0.39 is 0 Å². The number of nitrogens with zero attached hydrogens (tertiary/aromatic N) is 5. The first-order chi connectivity index (χ1) is 17.0. The smallest absolute Gasteiger partial charge is 0.159 e. The minimum absolute atomic E-state index is 0.359. The number of rotatable bonds is 5. The molecule has 174 valence electrons. The van der Waals surface area contributed by atoms with Gasteiger partial charge in [0.1, 0.15) is 22.7 Å². The summed E-state index contributed by atoms with van der Waals surface area (Å²) in [6, 6.07) is 11.6. The molecule has 0 spiro atoms. The lowest BCUT2D eigenvalue weighted by atomic mass is 10.0. The second-order valence-electron chi connectivity index (χ2n) is 8.79.